The smallest absolute Gasteiger partial charge is 0.411 e. The van der Waals surface area contributed by atoms with E-state index >= 15 is 0 Å². The Morgan fingerprint density at radius 3 is 2.32 bits per heavy atom. The van der Waals surface area contributed by atoms with Gasteiger partial charge in [0.1, 0.15) is 0 Å². The first kappa shape index (κ1) is 15.3. The molecular weight excluding hydrogens is 286 g/mol. The Bertz CT molecular complexity index is 671. The Hall–Kier alpha value is -3.09. The molecule has 2 rings (SSSR count). The highest BCUT2D eigenvalue weighted by atomic mass is 16.5. The van der Waals surface area contributed by atoms with Crippen LogP contribution in [0, 0.1) is 5.21 Å². The summed E-state index contributed by atoms with van der Waals surface area (Å²) in [6.07, 6.45) is 0.706. The van der Waals surface area contributed by atoms with Crippen LogP contribution in [0.15, 0.2) is 48.7 Å². The largest absolute Gasteiger partial charge is 0.618 e. The Balaban J connectivity index is 2.01. The standard InChI is InChI=1S/C15H15N3O4/c1-2-22-15(20)17-12-8-6-11(7-9-12)16-14(19)13-5-3-4-10-18(13)21/h3-10H,2H2,1H3,(H,16,19)(H,17,20). The number of rotatable bonds is 4. The third-order valence-corrected chi connectivity index (χ3v) is 2.72. The van der Waals surface area contributed by atoms with Crippen LogP contribution in [0.2, 0.25) is 0 Å². The number of ether oxygens (including phenoxy) is 1. The molecule has 2 N–H and O–H groups in total. The van der Waals surface area contributed by atoms with Crippen LogP contribution in [0.1, 0.15) is 17.4 Å². The van der Waals surface area contributed by atoms with Gasteiger partial charge in [0.05, 0.1) is 6.61 Å². The van der Waals surface area contributed by atoms with Crippen molar-refractivity contribution in [1.29, 1.82) is 0 Å². The van der Waals surface area contributed by atoms with E-state index in [4.69, 9.17) is 4.74 Å². The van der Waals surface area contributed by atoms with Gasteiger partial charge >= 0.3 is 12.0 Å². The summed E-state index contributed by atoms with van der Waals surface area (Å²) in [6.45, 7) is 2.00. The van der Waals surface area contributed by atoms with E-state index < -0.39 is 12.0 Å². The normalized spacial score (nSPS) is 9.86. The molecule has 0 aliphatic carbocycles. The molecule has 2 amide bonds. The van der Waals surface area contributed by atoms with Crippen LogP contribution in [0.4, 0.5) is 16.2 Å². The molecule has 22 heavy (non-hydrogen) atoms. The average molecular weight is 301 g/mol. The molecule has 7 heteroatoms. The van der Waals surface area contributed by atoms with Gasteiger partial charge < -0.3 is 15.3 Å². The third-order valence-electron chi connectivity index (χ3n) is 2.72. The van der Waals surface area contributed by atoms with Crippen LogP contribution >= 0.6 is 0 Å². The number of amides is 2. The monoisotopic (exact) mass is 301 g/mol. The van der Waals surface area contributed by atoms with E-state index in [1.807, 2.05) is 0 Å². The van der Waals surface area contributed by atoms with Gasteiger partial charge in [-0.3, -0.25) is 10.1 Å². The van der Waals surface area contributed by atoms with Crippen LogP contribution < -0.4 is 15.4 Å². The highest BCUT2D eigenvalue weighted by Gasteiger charge is 2.14. The molecule has 0 bridgehead atoms. The van der Waals surface area contributed by atoms with E-state index in [2.05, 4.69) is 10.6 Å². The second-order valence-corrected chi connectivity index (χ2v) is 4.29. The third kappa shape index (κ3) is 3.95. The van der Waals surface area contributed by atoms with E-state index in [0.29, 0.717) is 16.1 Å². The molecule has 0 aliphatic rings. The topological polar surface area (TPSA) is 94.4 Å². The first-order valence-corrected chi connectivity index (χ1v) is 6.63. The number of aromatic nitrogens is 1. The summed E-state index contributed by atoms with van der Waals surface area (Å²) in [4.78, 5) is 23.2. The number of benzene rings is 1. The molecule has 0 spiro atoms. The Labute approximate surface area is 127 Å². The van der Waals surface area contributed by atoms with Gasteiger partial charge in [-0.2, -0.15) is 4.73 Å². The van der Waals surface area contributed by atoms with Crippen LogP contribution in [0.5, 0.6) is 0 Å². The molecule has 1 aromatic heterocycles. The fraction of sp³-hybridized carbons (Fsp3) is 0.133. The fourth-order valence-electron chi connectivity index (χ4n) is 1.72. The zero-order valence-corrected chi connectivity index (χ0v) is 11.9. The van der Waals surface area contributed by atoms with Gasteiger partial charge in [0.15, 0.2) is 6.20 Å². The maximum atomic E-state index is 12.0. The summed E-state index contributed by atoms with van der Waals surface area (Å²) < 4.78 is 5.25. The number of nitrogens with one attached hydrogen (secondary N) is 2. The fourth-order valence-corrected chi connectivity index (χ4v) is 1.72. The van der Waals surface area contributed by atoms with Crippen molar-refractivity contribution in [2.75, 3.05) is 17.2 Å². The zero-order valence-electron chi connectivity index (χ0n) is 11.9. The van der Waals surface area contributed by atoms with Crippen LogP contribution in [-0.4, -0.2) is 18.6 Å². The Morgan fingerprint density at radius 2 is 1.73 bits per heavy atom. The number of nitrogens with zero attached hydrogens (tertiary/aromatic N) is 1. The summed E-state index contributed by atoms with van der Waals surface area (Å²) in [5.41, 5.74) is 1.04. The number of carbonyl (C=O) groups is 2. The maximum absolute atomic E-state index is 12.0. The van der Waals surface area contributed by atoms with Crippen LogP contribution in [0.25, 0.3) is 0 Å². The van der Waals surface area contributed by atoms with Crippen molar-refractivity contribution in [1.82, 2.24) is 0 Å². The molecule has 0 aliphatic heterocycles. The highest BCUT2D eigenvalue weighted by molar-refractivity contribution is 6.02. The predicted octanol–water partition coefficient (Wildman–Crippen LogP) is 2.14. The molecule has 114 valence electrons. The molecule has 0 unspecified atom stereocenters. The average Bonchev–Trinajstić information content (AvgIpc) is 2.50. The van der Waals surface area contributed by atoms with Crippen molar-refractivity contribution in [2.45, 2.75) is 6.92 Å². The van der Waals surface area contributed by atoms with Gasteiger partial charge in [-0.1, -0.05) is 0 Å². The van der Waals surface area contributed by atoms with Crippen LogP contribution in [0.3, 0.4) is 0 Å². The summed E-state index contributed by atoms with van der Waals surface area (Å²) in [5.74, 6) is -0.512. The minimum atomic E-state index is -0.545. The second kappa shape index (κ2) is 7.07. The number of pyridine rings is 1. The lowest BCUT2D eigenvalue weighted by Gasteiger charge is -2.08. The molecular formula is C15H15N3O4. The minimum absolute atomic E-state index is 0.00350. The summed E-state index contributed by atoms with van der Waals surface area (Å²) in [5, 5.41) is 16.6. The molecule has 7 nitrogen and oxygen atoms in total. The first-order chi connectivity index (χ1) is 10.6. The second-order valence-electron chi connectivity index (χ2n) is 4.29. The van der Waals surface area contributed by atoms with Gasteiger partial charge in [0.25, 0.3) is 5.69 Å². The van der Waals surface area contributed by atoms with E-state index in [0.717, 1.165) is 0 Å². The number of hydrogen-bond acceptors (Lipinski definition) is 4. The van der Waals surface area contributed by atoms with Gasteiger partial charge in [-0.05, 0) is 37.3 Å². The van der Waals surface area contributed by atoms with Crippen molar-refractivity contribution >= 4 is 23.4 Å². The van der Waals surface area contributed by atoms with Gasteiger partial charge in [-0.25, -0.2) is 4.79 Å². The van der Waals surface area contributed by atoms with Gasteiger partial charge in [0.2, 0.25) is 0 Å². The quantitative estimate of drug-likeness (QED) is 0.668. The summed E-state index contributed by atoms with van der Waals surface area (Å²) in [6, 6.07) is 11.0. The van der Waals surface area contributed by atoms with Crippen molar-refractivity contribution < 1.29 is 19.1 Å². The van der Waals surface area contributed by atoms with Gasteiger partial charge in [0, 0.05) is 23.5 Å². The van der Waals surface area contributed by atoms with Crippen molar-refractivity contribution in [3.05, 3.63) is 59.6 Å². The van der Waals surface area contributed by atoms with E-state index in [-0.39, 0.29) is 12.3 Å². The molecule has 1 heterocycles. The zero-order chi connectivity index (χ0) is 15.9. The minimum Gasteiger partial charge on any atom is -0.618 e. The molecule has 0 saturated heterocycles. The lowest BCUT2D eigenvalue weighted by Crippen LogP contribution is -2.36. The summed E-state index contributed by atoms with van der Waals surface area (Å²) in [7, 11) is 0. The van der Waals surface area contributed by atoms with Crippen LogP contribution in [-0.2, 0) is 4.74 Å². The number of anilines is 2. The molecule has 0 atom stereocenters. The van der Waals surface area contributed by atoms with E-state index in [9.17, 15) is 14.8 Å². The molecule has 0 fully saturated rings. The Morgan fingerprint density at radius 1 is 1.09 bits per heavy atom. The molecule has 1 aromatic carbocycles. The lowest BCUT2D eigenvalue weighted by atomic mass is 10.2. The van der Waals surface area contributed by atoms with Gasteiger partial charge in [-0.15, -0.1) is 0 Å². The maximum Gasteiger partial charge on any atom is 0.411 e. The highest BCUT2D eigenvalue weighted by Crippen LogP contribution is 2.14. The van der Waals surface area contributed by atoms with Crippen molar-refractivity contribution in [2.24, 2.45) is 0 Å². The lowest BCUT2D eigenvalue weighted by molar-refractivity contribution is -0.607. The molecule has 0 saturated carbocycles. The van der Waals surface area contributed by atoms with Crippen molar-refractivity contribution in [3.8, 4) is 0 Å². The van der Waals surface area contributed by atoms with E-state index in [1.54, 1.807) is 43.3 Å². The Kier molecular flexibility index (Phi) is 4.92. The molecule has 0 radical (unpaired) electrons. The summed E-state index contributed by atoms with van der Waals surface area (Å²) >= 11 is 0. The molecule has 2 aromatic rings. The number of carbonyl (C=O) groups excluding carboxylic acids is 2. The first-order valence-electron chi connectivity index (χ1n) is 6.63. The predicted molar refractivity (Wildman–Crippen MR) is 80.4 cm³/mol. The number of hydrogen-bond donors (Lipinski definition) is 2. The van der Waals surface area contributed by atoms with Crippen molar-refractivity contribution in [3.63, 3.8) is 0 Å². The van der Waals surface area contributed by atoms with E-state index in [1.165, 1.54) is 12.3 Å². The SMILES string of the molecule is CCOC(=O)Nc1ccc(NC(=O)c2cccc[n+]2[O-])cc1.